The SMILES string of the molecule is Nc1c(Cl)cccc1C(=O)c1ccc(I)cc1. The molecule has 0 radical (unpaired) electrons. The van der Waals surface area contributed by atoms with E-state index in [1.165, 1.54) is 0 Å². The van der Waals surface area contributed by atoms with E-state index in [1.54, 1.807) is 30.3 Å². The van der Waals surface area contributed by atoms with Gasteiger partial charge in [-0.15, -0.1) is 0 Å². The molecule has 2 N–H and O–H groups in total. The number of nitrogen functional groups attached to an aromatic ring is 1. The van der Waals surface area contributed by atoms with Gasteiger partial charge in [-0.3, -0.25) is 4.79 Å². The third-order valence-corrected chi connectivity index (χ3v) is 3.45. The molecule has 2 aromatic rings. The molecule has 0 saturated heterocycles. The highest BCUT2D eigenvalue weighted by atomic mass is 127. The summed E-state index contributed by atoms with van der Waals surface area (Å²) >= 11 is 8.08. The van der Waals surface area contributed by atoms with Gasteiger partial charge >= 0.3 is 0 Å². The van der Waals surface area contributed by atoms with Crippen molar-refractivity contribution in [1.29, 1.82) is 0 Å². The second kappa shape index (κ2) is 5.06. The number of hydrogen-bond donors (Lipinski definition) is 1. The summed E-state index contributed by atoms with van der Waals surface area (Å²) in [5.74, 6) is -0.110. The predicted octanol–water partition coefficient (Wildman–Crippen LogP) is 3.76. The zero-order chi connectivity index (χ0) is 12.4. The highest BCUT2D eigenvalue weighted by molar-refractivity contribution is 14.1. The molecule has 17 heavy (non-hydrogen) atoms. The van der Waals surface area contributed by atoms with E-state index in [0.29, 0.717) is 21.8 Å². The van der Waals surface area contributed by atoms with Crippen molar-refractivity contribution in [3.63, 3.8) is 0 Å². The summed E-state index contributed by atoms with van der Waals surface area (Å²) in [7, 11) is 0. The van der Waals surface area contributed by atoms with Crippen molar-refractivity contribution in [2.45, 2.75) is 0 Å². The van der Waals surface area contributed by atoms with Crippen LogP contribution >= 0.6 is 34.2 Å². The maximum atomic E-state index is 12.2. The van der Waals surface area contributed by atoms with Crippen LogP contribution in [0.2, 0.25) is 5.02 Å². The van der Waals surface area contributed by atoms with Crippen LogP contribution in [0.1, 0.15) is 15.9 Å². The molecule has 0 saturated carbocycles. The molecular formula is C13H9ClINO. The minimum absolute atomic E-state index is 0.110. The molecule has 2 aromatic carbocycles. The molecular weight excluding hydrogens is 349 g/mol. The fourth-order valence-electron chi connectivity index (χ4n) is 1.49. The van der Waals surface area contributed by atoms with Gasteiger partial charge in [0, 0.05) is 14.7 Å². The summed E-state index contributed by atoms with van der Waals surface area (Å²) in [5, 5.41) is 0.404. The Labute approximate surface area is 118 Å². The summed E-state index contributed by atoms with van der Waals surface area (Å²) in [5.41, 5.74) is 7.18. The number of anilines is 1. The first-order chi connectivity index (χ1) is 8.09. The van der Waals surface area contributed by atoms with Crippen molar-refractivity contribution in [3.05, 3.63) is 62.2 Å². The second-order valence-electron chi connectivity index (χ2n) is 3.54. The van der Waals surface area contributed by atoms with Gasteiger partial charge in [-0.05, 0) is 59.0 Å². The summed E-state index contributed by atoms with van der Waals surface area (Å²) in [6.07, 6.45) is 0. The number of carbonyl (C=O) groups excluding carboxylic acids is 1. The largest absolute Gasteiger partial charge is 0.397 e. The standard InChI is InChI=1S/C13H9ClINO/c14-11-3-1-2-10(12(11)16)13(17)8-4-6-9(15)7-5-8/h1-7H,16H2. The quantitative estimate of drug-likeness (QED) is 0.505. The van der Waals surface area contributed by atoms with E-state index < -0.39 is 0 Å². The molecule has 0 atom stereocenters. The van der Waals surface area contributed by atoms with Crippen LogP contribution in [0, 0.1) is 3.57 Å². The van der Waals surface area contributed by atoms with Gasteiger partial charge in [0.15, 0.2) is 5.78 Å². The van der Waals surface area contributed by atoms with Crippen molar-refractivity contribution >= 4 is 45.7 Å². The van der Waals surface area contributed by atoms with E-state index >= 15 is 0 Å². The van der Waals surface area contributed by atoms with Crippen molar-refractivity contribution in [2.24, 2.45) is 0 Å². The lowest BCUT2D eigenvalue weighted by Crippen LogP contribution is -2.05. The van der Waals surface area contributed by atoms with Crippen molar-refractivity contribution in [3.8, 4) is 0 Å². The van der Waals surface area contributed by atoms with Gasteiger partial charge < -0.3 is 5.73 Å². The number of benzene rings is 2. The average Bonchev–Trinajstić information content (AvgIpc) is 2.33. The van der Waals surface area contributed by atoms with Crippen molar-refractivity contribution in [2.75, 3.05) is 5.73 Å². The van der Waals surface area contributed by atoms with E-state index in [1.807, 2.05) is 12.1 Å². The molecule has 0 aliphatic carbocycles. The fourth-order valence-corrected chi connectivity index (χ4v) is 2.03. The zero-order valence-electron chi connectivity index (χ0n) is 8.78. The molecule has 0 fully saturated rings. The minimum Gasteiger partial charge on any atom is -0.397 e. The van der Waals surface area contributed by atoms with Gasteiger partial charge in [-0.25, -0.2) is 0 Å². The number of rotatable bonds is 2. The molecule has 86 valence electrons. The van der Waals surface area contributed by atoms with E-state index in [0.717, 1.165) is 3.57 Å². The molecule has 0 aliphatic rings. The molecule has 0 amide bonds. The smallest absolute Gasteiger partial charge is 0.195 e. The maximum Gasteiger partial charge on any atom is 0.195 e. The van der Waals surface area contributed by atoms with Crippen LogP contribution in [0.4, 0.5) is 5.69 Å². The highest BCUT2D eigenvalue weighted by Crippen LogP contribution is 2.24. The lowest BCUT2D eigenvalue weighted by Gasteiger charge is -2.06. The maximum absolute atomic E-state index is 12.2. The Morgan fingerprint density at radius 1 is 1.12 bits per heavy atom. The first-order valence-corrected chi connectivity index (χ1v) is 6.39. The minimum atomic E-state index is -0.110. The predicted molar refractivity (Wildman–Crippen MR) is 78.5 cm³/mol. The molecule has 0 bridgehead atoms. The Hall–Kier alpha value is -1.07. The highest BCUT2D eigenvalue weighted by Gasteiger charge is 2.13. The molecule has 0 spiro atoms. The number of para-hydroxylation sites is 1. The summed E-state index contributed by atoms with van der Waals surface area (Å²) < 4.78 is 1.08. The van der Waals surface area contributed by atoms with Crippen molar-refractivity contribution < 1.29 is 4.79 Å². The molecule has 0 heterocycles. The Morgan fingerprint density at radius 2 is 1.76 bits per heavy atom. The van der Waals surface area contributed by atoms with Gasteiger partial charge in [0.1, 0.15) is 0 Å². The number of carbonyl (C=O) groups is 1. The third-order valence-electron chi connectivity index (χ3n) is 2.40. The van der Waals surface area contributed by atoms with Crippen LogP contribution in [0.25, 0.3) is 0 Å². The topological polar surface area (TPSA) is 43.1 Å². The van der Waals surface area contributed by atoms with Crippen LogP contribution < -0.4 is 5.73 Å². The number of nitrogens with two attached hydrogens (primary N) is 1. The van der Waals surface area contributed by atoms with Crippen LogP contribution in [0.15, 0.2) is 42.5 Å². The Balaban J connectivity index is 2.44. The lowest BCUT2D eigenvalue weighted by atomic mass is 10.0. The number of halogens is 2. The van der Waals surface area contributed by atoms with Gasteiger partial charge in [-0.2, -0.15) is 0 Å². The molecule has 0 aliphatic heterocycles. The van der Waals surface area contributed by atoms with Crippen LogP contribution in [-0.2, 0) is 0 Å². The van der Waals surface area contributed by atoms with Gasteiger partial charge in [0.2, 0.25) is 0 Å². The van der Waals surface area contributed by atoms with E-state index in [4.69, 9.17) is 17.3 Å². The van der Waals surface area contributed by atoms with Crippen LogP contribution in [0.3, 0.4) is 0 Å². The number of ketones is 1. The Kier molecular flexibility index (Phi) is 3.69. The van der Waals surface area contributed by atoms with Gasteiger partial charge in [0.25, 0.3) is 0 Å². The van der Waals surface area contributed by atoms with Gasteiger partial charge in [-0.1, -0.05) is 17.7 Å². The van der Waals surface area contributed by atoms with Crippen LogP contribution in [-0.4, -0.2) is 5.78 Å². The summed E-state index contributed by atoms with van der Waals surface area (Å²) in [6.45, 7) is 0. The van der Waals surface area contributed by atoms with Crippen molar-refractivity contribution in [1.82, 2.24) is 0 Å². The normalized spacial score (nSPS) is 10.2. The summed E-state index contributed by atoms with van der Waals surface area (Å²) in [6, 6.07) is 12.4. The average molecular weight is 358 g/mol. The Morgan fingerprint density at radius 3 is 2.41 bits per heavy atom. The molecule has 4 heteroatoms. The zero-order valence-corrected chi connectivity index (χ0v) is 11.7. The van der Waals surface area contributed by atoms with E-state index in [9.17, 15) is 4.79 Å². The monoisotopic (exact) mass is 357 g/mol. The fraction of sp³-hybridized carbons (Fsp3) is 0. The number of hydrogen-bond acceptors (Lipinski definition) is 2. The third kappa shape index (κ3) is 2.61. The molecule has 2 rings (SSSR count). The summed E-state index contributed by atoms with van der Waals surface area (Å²) in [4.78, 5) is 12.2. The lowest BCUT2D eigenvalue weighted by molar-refractivity contribution is 0.103. The molecule has 0 unspecified atom stereocenters. The first kappa shape index (κ1) is 12.4. The van der Waals surface area contributed by atoms with Crippen LogP contribution in [0.5, 0.6) is 0 Å². The Bertz CT molecular complexity index is 566. The first-order valence-electron chi connectivity index (χ1n) is 4.94. The molecule has 0 aromatic heterocycles. The second-order valence-corrected chi connectivity index (χ2v) is 5.19. The molecule has 2 nitrogen and oxygen atoms in total. The van der Waals surface area contributed by atoms with E-state index in [-0.39, 0.29) is 5.78 Å². The van der Waals surface area contributed by atoms with Gasteiger partial charge in [0.05, 0.1) is 10.7 Å². The van der Waals surface area contributed by atoms with E-state index in [2.05, 4.69) is 22.6 Å².